The van der Waals surface area contributed by atoms with Crippen molar-refractivity contribution in [3.8, 4) is 0 Å². The second kappa shape index (κ2) is 5.95. The summed E-state index contributed by atoms with van der Waals surface area (Å²) in [5.74, 6) is 0. The van der Waals surface area contributed by atoms with Gasteiger partial charge in [0, 0.05) is 0 Å². The standard InChI is InChI=1S/C15H23/c1-4-6-13-15(3,12-5-2)14-10-8-7-9-11-14/h7-11H,2,4-6,12-13H2,1,3H3. The molecule has 0 heterocycles. The highest BCUT2D eigenvalue weighted by Crippen LogP contribution is 2.33. The van der Waals surface area contributed by atoms with E-state index in [2.05, 4.69) is 51.1 Å². The third kappa shape index (κ3) is 3.37. The third-order valence-electron chi connectivity index (χ3n) is 3.28. The van der Waals surface area contributed by atoms with Crippen molar-refractivity contribution in [3.63, 3.8) is 0 Å². The van der Waals surface area contributed by atoms with Crippen LogP contribution in [0.3, 0.4) is 0 Å². The molecule has 0 amide bonds. The minimum atomic E-state index is 0.332. The maximum atomic E-state index is 4.00. The first-order valence-electron chi connectivity index (χ1n) is 6.07. The summed E-state index contributed by atoms with van der Waals surface area (Å²) < 4.78 is 0. The fourth-order valence-corrected chi connectivity index (χ4v) is 2.21. The fourth-order valence-electron chi connectivity index (χ4n) is 2.21. The molecule has 0 N–H and O–H groups in total. The van der Waals surface area contributed by atoms with E-state index in [0.717, 1.165) is 6.42 Å². The molecular formula is C15H23. The first-order chi connectivity index (χ1) is 7.23. The summed E-state index contributed by atoms with van der Waals surface area (Å²) >= 11 is 0. The SMILES string of the molecule is [CH2]CCC(C)(CCCC)c1ccccc1. The maximum absolute atomic E-state index is 4.00. The second-order valence-electron chi connectivity index (χ2n) is 4.63. The molecule has 1 atom stereocenters. The molecule has 0 aliphatic rings. The van der Waals surface area contributed by atoms with E-state index < -0.39 is 0 Å². The van der Waals surface area contributed by atoms with Gasteiger partial charge in [-0.15, -0.1) is 0 Å². The quantitative estimate of drug-likeness (QED) is 0.626. The lowest BCUT2D eigenvalue weighted by Crippen LogP contribution is -2.21. The Labute approximate surface area is 94.7 Å². The normalized spacial score (nSPS) is 14.9. The Hall–Kier alpha value is -0.780. The molecule has 1 rings (SSSR count). The largest absolute Gasteiger partial charge is 0.0654 e. The summed E-state index contributed by atoms with van der Waals surface area (Å²) in [7, 11) is 0. The smallest absolute Gasteiger partial charge is 0.00753 e. The summed E-state index contributed by atoms with van der Waals surface area (Å²) in [6.07, 6.45) is 6.08. The predicted molar refractivity (Wildman–Crippen MR) is 67.9 cm³/mol. The monoisotopic (exact) mass is 203 g/mol. The molecule has 1 aromatic carbocycles. The third-order valence-corrected chi connectivity index (χ3v) is 3.28. The molecule has 0 aliphatic carbocycles. The zero-order chi connectivity index (χ0) is 11.1. The van der Waals surface area contributed by atoms with Crippen molar-refractivity contribution in [1.82, 2.24) is 0 Å². The molecule has 15 heavy (non-hydrogen) atoms. The Morgan fingerprint density at radius 1 is 1.13 bits per heavy atom. The zero-order valence-electron chi connectivity index (χ0n) is 10.1. The number of benzene rings is 1. The summed E-state index contributed by atoms with van der Waals surface area (Å²) in [6.45, 7) is 8.64. The molecule has 1 radical (unpaired) electrons. The predicted octanol–water partition coefficient (Wildman–Crippen LogP) is 4.75. The average Bonchev–Trinajstić information content (AvgIpc) is 2.28. The lowest BCUT2D eigenvalue weighted by molar-refractivity contribution is 0.389. The van der Waals surface area contributed by atoms with Crippen LogP contribution < -0.4 is 0 Å². The minimum Gasteiger partial charge on any atom is -0.0654 e. The highest BCUT2D eigenvalue weighted by molar-refractivity contribution is 5.24. The maximum Gasteiger partial charge on any atom is -0.00753 e. The molecule has 1 aromatic rings. The molecule has 1 unspecified atom stereocenters. The van der Waals surface area contributed by atoms with Crippen LogP contribution in [0.25, 0.3) is 0 Å². The van der Waals surface area contributed by atoms with Gasteiger partial charge in [-0.1, -0.05) is 70.4 Å². The van der Waals surface area contributed by atoms with Crippen molar-refractivity contribution < 1.29 is 0 Å². The van der Waals surface area contributed by atoms with Crippen LogP contribution in [0.2, 0.25) is 0 Å². The van der Waals surface area contributed by atoms with E-state index in [1.807, 2.05) is 0 Å². The van der Waals surface area contributed by atoms with Crippen LogP contribution in [0.4, 0.5) is 0 Å². The van der Waals surface area contributed by atoms with Crippen LogP contribution in [-0.4, -0.2) is 0 Å². The Bertz CT molecular complexity index is 263. The molecule has 0 saturated carbocycles. The minimum absolute atomic E-state index is 0.332. The van der Waals surface area contributed by atoms with Gasteiger partial charge in [-0.2, -0.15) is 0 Å². The fraction of sp³-hybridized carbons (Fsp3) is 0.533. The van der Waals surface area contributed by atoms with Crippen LogP contribution in [0, 0.1) is 6.92 Å². The van der Waals surface area contributed by atoms with Crippen molar-refractivity contribution in [2.45, 2.75) is 51.4 Å². The Balaban J connectivity index is 2.80. The summed E-state index contributed by atoms with van der Waals surface area (Å²) in [5, 5.41) is 0. The van der Waals surface area contributed by atoms with Crippen LogP contribution in [0.15, 0.2) is 30.3 Å². The van der Waals surface area contributed by atoms with Crippen LogP contribution in [-0.2, 0) is 5.41 Å². The van der Waals surface area contributed by atoms with Crippen LogP contribution >= 0.6 is 0 Å². The molecule has 0 fully saturated rings. The topological polar surface area (TPSA) is 0 Å². The molecular weight excluding hydrogens is 180 g/mol. The van der Waals surface area contributed by atoms with Gasteiger partial charge in [0.1, 0.15) is 0 Å². The molecule has 0 aromatic heterocycles. The van der Waals surface area contributed by atoms with E-state index in [0.29, 0.717) is 5.41 Å². The number of unbranched alkanes of at least 4 members (excludes halogenated alkanes) is 1. The summed E-state index contributed by atoms with van der Waals surface area (Å²) in [5.41, 5.74) is 1.81. The first kappa shape index (κ1) is 12.3. The second-order valence-corrected chi connectivity index (χ2v) is 4.63. The number of rotatable bonds is 6. The van der Waals surface area contributed by atoms with E-state index in [1.54, 1.807) is 0 Å². The molecule has 0 aliphatic heterocycles. The lowest BCUT2D eigenvalue weighted by atomic mass is 9.75. The number of hydrogen-bond acceptors (Lipinski definition) is 0. The van der Waals surface area contributed by atoms with Crippen molar-refractivity contribution in [1.29, 1.82) is 0 Å². The van der Waals surface area contributed by atoms with Gasteiger partial charge in [-0.3, -0.25) is 0 Å². The molecule has 0 bridgehead atoms. The van der Waals surface area contributed by atoms with Crippen molar-refractivity contribution >= 4 is 0 Å². The Kier molecular flexibility index (Phi) is 4.87. The van der Waals surface area contributed by atoms with Crippen molar-refractivity contribution in [3.05, 3.63) is 42.8 Å². The number of hydrogen-bond donors (Lipinski definition) is 0. The average molecular weight is 203 g/mol. The van der Waals surface area contributed by atoms with Gasteiger partial charge in [0.15, 0.2) is 0 Å². The first-order valence-corrected chi connectivity index (χ1v) is 6.07. The Morgan fingerprint density at radius 2 is 1.80 bits per heavy atom. The highest BCUT2D eigenvalue weighted by Gasteiger charge is 2.24. The van der Waals surface area contributed by atoms with Gasteiger partial charge in [0.05, 0.1) is 0 Å². The Morgan fingerprint density at radius 3 is 2.33 bits per heavy atom. The van der Waals surface area contributed by atoms with Gasteiger partial charge in [0.25, 0.3) is 0 Å². The van der Waals surface area contributed by atoms with Gasteiger partial charge < -0.3 is 0 Å². The van der Waals surface area contributed by atoms with Crippen molar-refractivity contribution in [2.75, 3.05) is 0 Å². The van der Waals surface area contributed by atoms with Gasteiger partial charge >= 0.3 is 0 Å². The molecule has 83 valence electrons. The van der Waals surface area contributed by atoms with E-state index in [-0.39, 0.29) is 0 Å². The van der Waals surface area contributed by atoms with E-state index in [1.165, 1.54) is 31.2 Å². The summed E-state index contributed by atoms with van der Waals surface area (Å²) in [4.78, 5) is 0. The lowest BCUT2D eigenvalue weighted by Gasteiger charge is -2.30. The highest BCUT2D eigenvalue weighted by atomic mass is 14.3. The van der Waals surface area contributed by atoms with Gasteiger partial charge in [0.2, 0.25) is 0 Å². The molecule has 0 heteroatoms. The molecule has 0 spiro atoms. The van der Waals surface area contributed by atoms with Gasteiger partial charge in [-0.25, -0.2) is 0 Å². The summed E-state index contributed by atoms with van der Waals surface area (Å²) in [6, 6.07) is 10.9. The molecule has 0 saturated heterocycles. The zero-order valence-corrected chi connectivity index (χ0v) is 10.1. The van der Waals surface area contributed by atoms with E-state index >= 15 is 0 Å². The van der Waals surface area contributed by atoms with Crippen molar-refractivity contribution in [2.24, 2.45) is 0 Å². The van der Waals surface area contributed by atoms with Crippen LogP contribution in [0.5, 0.6) is 0 Å². The molecule has 0 nitrogen and oxygen atoms in total. The van der Waals surface area contributed by atoms with E-state index in [9.17, 15) is 0 Å². The van der Waals surface area contributed by atoms with Crippen LogP contribution in [0.1, 0.15) is 51.5 Å². The van der Waals surface area contributed by atoms with Gasteiger partial charge in [-0.05, 0) is 23.8 Å². The van der Waals surface area contributed by atoms with E-state index in [4.69, 9.17) is 0 Å².